The summed E-state index contributed by atoms with van der Waals surface area (Å²) in [4.78, 5) is 12.3. The van der Waals surface area contributed by atoms with Crippen molar-refractivity contribution in [1.82, 2.24) is 0 Å². The molecule has 5 heteroatoms. The van der Waals surface area contributed by atoms with Gasteiger partial charge in [0, 0.05) is 30.4 Å². The molecule has 2 heterocycles. The maximum atomic E-state index is 13.7. The highest BCUT2D eigenvalue weighted by Gasteiger charge is 2.45. The summed E-state index contributed by atoms with van der Waals surface area (Å²) in [7, 11) is 0. The summed E-state index contributed by atoms with van der Waals surface area (Å²) < 4.78 is 13.7. The summed E-state index contributed by atoms with van der Waals surface area (Å²) in [5, 5.41) is 10.7. The average Bonchev–Trinajstić information content (AvgIpc) is 2.76. The highest BCUT2D eigenvalue weighted by molar-refractivity contribution is 5.64. The normalized spacial score (nSPS) is 23.9. The van der Waals surface area contributed by atoms with E-state index < -0.39 is 16.4 Å². The zero-order valence-electron chi connectivity index (χ0n) is 10.4. The lowest BCUT2D eigenvalue weighted by atomic mass is 9.83. The van der Waals surface area contributed by atoms with E-state index >= 15 is 0 Å². The molecule has 0 radical (unpaired) electrons. The topological polar surface area (TPSA) is 46.4 Å². The molecule has 1 fully saturated rings. The van der Waals surface area contributed by atoms with Gasteiger partial charge in [0.25, 0.3) is 0 Å². The quantitative estimate of drug-likeness (QED) is 0.568. The molecule has 96 valence electrons. The third-order valence-corrected chi connectivity index (χ3v) is 4.34. The number of nitrogens with zero attached hydrogens (tertiary/aromatic N) is 2. The largest absolute Gasteiger partial charge is 0.367 e. The first-order valence-corrected chi connectivity index (χ1v) is 6.13. The van der Waals surface area contributed by atoms with Crippen LogP contribution in [0.15, 0.2) is 12.1 Å². The Balaban J connectivity index is 2.07. The van der Waals surface area contributed by atoms with Crippen molar-refractivity contribution in [2.24, 2.45) is 5.41 Å². The predicted molar refractivity (Wildman–Crippen MR) is 66.3 cm³/mol. The van der Waals surface area contributed by atoms with Crippen LogP contribution in [0, 0.1) is 21.3 Å². The van der Waals surface area contributed by atoms with Gasteiger partial charge in [-0.3, -0.25) is 10.1 Å². The Labute approximate surface area is 105 Å². The van der Waals surface area contributed by atoms with Crippen molar-refractivity contribution in [3.8, 4) is 0 Å². The number of fused-ring (bicyclic) bond motifs is 3. The number of halogens is 1. The molecule has 1 aromatic carbocycles. The van der Waals surface area contributed by atoms with Crippen molar-refractivity contribution in [3.05, 3.63) is 33.6 Å². The second-order valence-electron chi connectivity index (χ2n) is 5.84. The molecule has 0 unspecified atom stereocenters. The van der Waals surface area contributed by atoms with Crippen LogP contribution in [0.5, 0.6) is 0 Å². The minimum Gasteiger partial charge on any atom is -0.367 e. The summed E-state index contributed by atoms with van der Waals surface area (Å²) in [6, 6.07) is 3.07. The van der Waals surface area contributed by atoms with Crippen LogP contribution in [0.3, 0.4) is 0 Å². The van der Waals surface area contributed by atoms with Crippen LogP contribution in [0.4, 0.5) is 15.8 Å². The number of benzene rings is 1. The van der Waals surface area contributed by atoms with Gasteiger partial charge >= 0.3 is 5.69 Å². The number of rotatable bonds is 1. The molecule has 3 rings (SSSR count). The molecule has 0 aliphatic carbocycles. The third kappa shape index (κ3) is 1.43. The van der Waals surface area contributed by atoms with E-state index in [4.69, 9.17) is 0 Å². The van der Waals surface area contributed by atoms with Crippen molar-refractivity contribution in [2.75, 3.05) is 11.4 Å². The van der Waals surface area contributed by atoms with E-state index in [-0.39, 0.29) is 5.41 Å². The summed E-state index contributed by atoms with van der Waals surface area (Å²) in [5.74, 6) is -0.732. The summed E-state index contributed by atoms with van der Waals surface area (Å²) in [6.45, 7) is 5.31. The second kappa shape index (κ2) is 3.43. The maximum Gasteiger partial charge on any atom is 0.305 e. The zero-order chi connectivity index (χ0) is 13.1. The van der Waals surface area contributed by atoms with Gasteiger partial charge in [-0.1, -0.05) is 13.8 Å². The molecule has 1 saturated heterocycles. The third-order valence-electron chi connectivity index (χ3n) is 4.34. The Bertz CT molecular complexity index is 542. The standard InChI is InChI=1S/C13H15FN2O2/c1-13(2)3-4-15-10-7-9(14)11(16(17)18)5-8(10)6-12(13)15/h5,7,12H,3-4,6H2,1-2H3/t12-/m0/s1. The van der Waals surface area contributed by atoms with Crippen LogP contribution in [0.25, 0.3) is 0 Å². The molecule has 0 saturated carbocycles. The van der Waals surface area contributed by atoms with Gasteiger partial charge in [-0.15, -0.1) is 0 Å². The molecular formula is C13H15FN2O2. The smallest absolute Gasteiger partial charge is 0.305 e. The maximum absolute atomic E-state index is 13.7. The van der Waals surface area contributed by atoms with E-state index in [1.54, 1.807) is 0 Å². The SMILES string of the molecule is CC1(C)CCN2c3cc(F)c([N+](=O)[O-])cc3C[C@H]21. The van der Waals surface area contributed by atoms with Crippen LogP contribution < -0.4 is 4.90 Å². The van der Waals surface area contributed by atoms with Crippen molar-refractivity contribution in [1.29, 1.82) is 0 Å². The van der Waals surface area contributed by atoms with Crippen molar-refractivity contribution in [2.45, 2.75) is 32.7 Å². The van der Waals surface area contributed by atoms with Crippen molar-refractivity contribution >= 4 is 11.4 Å². The molecule has 18 heavy (non-hydrogen) atoms. The van der Waals surface area contributed by atoms with Gasteiger partial charge in [0.15, 0.2) is 0 Å². The Morgan fingerprint density at radius 1 is 1.50 bits per heavy atom. The van der Waals surface area contributed by atoms with Crippen molar-refractivity contribution in [3.63, 3.8) is 0 Å². The van der Waals surface area contributed by atoms with Crippen LogP contribution >= 0.6 is 0 Å². The van der Waals surface area contributed by atoms with Crippen LogP contribution in [0.1, 0.15) is 25.8 Å². The molecule has 0 aromatic heterocycles. The summed E-state index contributed by atoms with van der Waals surface area (Å²) in [5.41, 5.74) is 1.52. The first-order chi connectivity index (χ1) is 8.40. The van der Waals surface area contributed by atoms with Gasteiger partial charge in [0.2, 0.25) is 5.82 Å². The molecule has 2 aliphatic heterocycles. The Hall–Kier alpha value is -1.65. The fraction of sp³-hybridized carbons (Fsp3) is 0.538. The molecule has 0 N–H and O–H groups in total. The van der Waals surface area contributed by atoms with Gasteiger partial charge in [0.1, 0.15) is 0 Å². The first-order valence-electron chi connectivity index (χ1n) is 6.13. The zero-order valence-corrected chi connectivity index (χ0v) is 10.4. The minimum absolute atomic E-state index is 0.185. The lowest BCUT2D eigenvalue weighted by molar-refractivity contribution is -0.387. The fourth-order valence-corrected chi connectivity index (χ4v) is 3.20. The number of hydrogen-bond acceptors (Lipinski definition) is 3. The Morgan fingerprint density at radius 3 is 2.89 bits per heavy atom. The molecule has 1 aromatic rings. The minimum atomic E-state index is -0.732. The Kier molecular flexibility index (Phi) is 2.18. The van der Waals surface area contributed by atoms with Gasteiger partial charge in [-0.25, -0.2) is 0 Å². The molecule has 1 atom stereocenters. The van der Waals surface area contributed by atoms with Gasteiger partial charge in [-0.2, -0.15) is 4.39 Å². The van der Waals surface area contributed by atoms with E-state index in [2.05, 4.69) is 18.7 Å². The second-order valence-corrected chi connectivity index (χ2v) is 5.84. The fourth-order valence-electron chi connectivity index (χ4n) is 3.20. The number of hydrogen-bond donors (Lipinski definition) is 0. The van der Waals surface area contributed by atoms with E-state index in [0.717, 1.165) is 30.6 Å². The van der Waals surface area contributed by atoms with E-state index in [1.165, 1.54) is 12.1 Å². The highest BCUT2D eigenvalue weighted by Crippen LogP contribution is 2.47. The van der Waals surface area contributed by atoms with E-state index in [0.29, 0.717) is 6.04 Å². The molecule has 4 nitrogen and oxygen atoms in total. The lowest BCUT2D eigenvalue weighted by Crippen LogP contribution is -2.33. The lowest BCUT2D eigenvalue weighted by Gasteiger charge is -2.27. The molecule has 0 bridgehead atoms. The van der Waals surface area contributed by atoms with E-state index in [1.807, 2.05) is 0 Å². The molecular weight excluding hydrogens is 235 g/mol. The average molecular weight is 250 g/mol. The number of nitro benzene ring substituents is 1. The summed E-state index contributed by atoms with van der Waals surface area (Å²) in [6.07, 6.45) is 1.86. The highest BCUT2D eigenvalue weighted by atomic mass is 19.1. The molecule has 0 amide bonds. The predicted octanol–water partition coefficient (Wildman–Crippen LogP) is 2.89. The molecule has 0 spiro atoms. The van der Waals surface area contributed by atoms with Crippen LogP contribution in [-0.4, -0.2) is 17.5 Å². The van der Waals surface area contributed by atoms with Gasteiger partial charge in [-0.05, 0) is 23.8 Å². The van der Waals surface area contributed by atoms with Crippen LogP contribution in [-0.2, 0) is 6.42 Å². The van der Waals surface area contributed by atoms with Gasteiger partial charge < -0.3 is 4.90 Å². The van der Waals surface area contributed by atoms with Crippen molar-refractivity contribution < 1.29 is 9.31 Å². The number of nitro groups is 1. The first kappa shape index (κ1) is 11.4. The summed E-state index contributed by atoms with van der Waals surface area (Å²) >= 11 is 0. The number of anilines is 1. The van der Waals surface area contributed by atoms with Crippen LogP contribution in [0.2, 0.25) is 0 Å². The Morgan fingerprint density at radius 2 is 2.22 bits per heavy atom. The van der Waals surface area contributed by atoms with Gasteiger partial charge in [0.05, 0.1) is 4.92 Å². The monoisotopic (exact) mass is 250 g/mol. The molecule has 2 aliphatic rings. The van der Waals surface area contributed by atoms with E-state index in [9.17, 15) is 14.5 Å².